The van der Waals surface area contributed by atoms with Crippen molar-refractivity contribution < 1.29 is 0 Å². The van der Waals surface area contributed by atoms with Crippen LogP contribution in [0.25, 0.3) is 0 Å². The zero-order valence-corrected chi connectivity index (χ0v) is 9.00. The highest BCUT2D eigenvalue weighted by molar-refractivity contribution is 7.71. The molecule has 0 bridgehead atoms. The number of anilines is 1. The zero-order chi connectivity index (χ0) is 9.97. The number of hydrogen-bond acceptors (Lipinski definition) is 4. The fourth-order valence-electron chi connectivity index (χ4n) is 1.79. The molecule has 1 aliphatic rings. The van der Waals surface area contributed by atoms with Crippen molar-refractivity contribution in [2.75, 3.05) is 25.5 Å². The van der Waals surface area contributed by atoms with E-state index in [1.807, 2.05) is 7.05 Å². The van der Waals surface area contributed by atoms with Gasteiger partial charge in [0.15, 0.2) is 4.77 Å². The standard InChI is InChI=1S/C9H14N4S/c1-10-8-6-2-4-11-5-3-7(6)12-9(14)13-8/h11H,2-5H2,1H3,(H2,10,12,13,14). The van der Waals surface area contributed by atoms with Gasteiger partial charge < -0.3 is 15.6 Å². The van der Waals surface area contributed by atoms with Gasteiger partial charge in [-0.2, -0.15) is 0 Å². The number of nitrogens with zero attached hydrogens (tertiary/aromatic N) is 1. The molecule has 0 radical (unpaired) electrons. The van der Waals surface area contributed by atoms with Crippen LogP contribution in [0.2, 0.25) is 0 Å². The van der Waals surface area contributed by atoms with Gasteiger partial charge in [0.25, 0.3) is 0 Å². The van der Waals surface area contributed by atoms with E-state index >= 15 is 0 Å². The first kappa shape index (κ1) is 9.61. The number of rotatable bonds is 1. The number of aromatic amines is 1. The van der Waals surface area contributed by atoms with Gasteiger partial charge in [0.05, 0.1) is 0 Å². The summed E-state index contributed by atoms with van der Waals surface area (Å²) >= 11 is 5.07. The van der Waals surface area contributed by atoms with Crippen LogP contribution in [0.1, 0.15) is 11.3 Å². The molecule has 2 rings (SSSR count). The van der Waals surface area contributed by atoms with Crippen LogP contribution >= 0.6 is 12.2 Å². The predicted octanol–water partition coefficient (Wildman–Crippen LogP) is 0.869. The van der Waals surface area contributed by atoms with Crippen LogP contribution in [-0.2, 0) is 12.8 Å². The Morgan fingerprint density at radius 3 is 2.93 bits per heavy atom. The molecule has 0 aliphatic carbocycles. The summed E-state index contributed by atoms with van der Waals surface area (Å²) in [5.74, 6) is 0.924. The minimum absolute atomic E-state index is 0.565. The summed E-state index contributed by atoms with van der Waals surface area (Å²) in [6.45, 7) is 2.01. The lowest BCUT2D eigenvalue weighted by atomic mass is 10.1. The minimum atomic E-state index is 0.565. The van der Waals surface area contributed by atoms with Crippen molar-refractivity contribution in [2.45, 2.75) is 12.8 Å². The molecule has 0 amide bonds. The minimum Gasteiger partial charge on any atom is -0.373 e. The fraction of sp³-hybridized carbons (Fsp3) is 0.556. The Labute approximate surface area is 88.1 Å². The average Bonchev–Trinajstić information content (AvgIpc) is 2.41. The van der Waals surface area contributed by atoms with Crippen molar-refractivity contribution in [3.05, 3.63) is 16.0 Å². The smallest absolute Gasteiger partial charge is 0.198 e. The number of fused-ring (bicyclic) bond motifs is 1. The van der Waals surface area contributed by atoms with Crippen LogP contribution in [-0.4, -0.2) is 30.1 Å². The van der Waals surface area contributed by atoms with Crippen molar-refractivity contribution in [1.29, 1.82) is 0 Å². The molecule has 0 unspecified atom stereocenters. The van der Waals surface area contributed by atoms with Gasteiger partial charge in [0.1, 0.15) is 5.82 Å². The van der Waals surface area contributed by atoms with Crippen LogP contribution in [0.15, 0.2) is 0 Å². The second-order valence-electron chi connectivity index (χ2n) is 3.35. The quantitative estimate of drug-likeness (QED) is 0.602. The second-order valence-corrected chi connectivity index (χ2v) is 3.73. The molecule has 0 fully saturated rings. The molecular weight excluding hydrogens is 196 g/mol. The maximum Gasteiger partial charge on any atom is 0.198 e. The van der Waals surface area contributed by atoms with Crippen LogP contribution in [0.5, 0.6) is 0 Å². The number of H-pyrrole nitrogens is 1. The maximum atomic E-state index is 5.07. The Kier molecular flexibility index (Phi) is 2.79. The van der Waals surface area contributed by atoms with Crippen LogP contribution in [0.4, 0.5) is 5.82 Å². The lowest BCUT2D eigenvalue weighted by Gasteiger charge is -2.09. The molecule has 2 heterocycles. The fourth-order valence-corrected chi connectivity index (χ4v) is 2.00. The van der Waals surface area contributed by atoms with Gasteiger partial charge in [0, 0.05) is 31.3 Å². The van der Waals surface area contributed by atoms with Crippen molar-refractivity contribution in [3.8, 4) is 0 Å². The second kappa shape index (κ2) is 4.06. The van der Waals surface area contributed by atoms with Gasteiger partial charge in [-0.05, 0) is 25.2 Å². The molecule has 1 aromatic heterocycles. The summed E-state index contributed by atoms with van der Waals surface area (Å²) in [7, 11) is 1.88. The number of nitrogens with one attached hydrogen (secondary N) is 3. The third-order valence-electron chi connectivity index (χ3n) is 2.46. The third kappa shape index (κ3) is 1.78. The van der Waals surface area contributed by atoms with E-state index in [1.54, 1.807) is 0 Å². The Bertz CT molecular complexity index is 385. The molecule has 4 nitrogen and oxygen atoms in total. The highest BCUT2D eigenvalue weighted by atomic mass is 32.1. The summed E-state index contributed by atoms with van der Waals surface area (Å²) in [5.41, 5.74) is 2.49. The summed E-state index contributed by atoms with van der Waals surface area (Å²) in [6, 6.07) is 0. The van der Waals surface area contributed by atoms with Gasteiger partial charge in [-0.25, -0.2) is 4.98 Å². The molecule has 76 valence electrons. The summed E-state index contributed by atoms with van der Waals surface area (Å²) in [4.78, 5) is 7.43. The highest BCUT2D eigenvalue weighted by Crippen LogP contribution is 2.17. The molecule has 0 atom stereocenters. The maximum absolute atomic E-state index is 5.07. The summed E-state index contributed by atoms with van der Waals surface area (Å²) < 4.78 is 0.565. The van der Waals surface area contributed by atoms with Gasteiger partial charge >= 0.3 is 0 Å². The van der Waals surface area contributed by atoms with E-state index in [0.29, 0.717) is 4.77 Å². The monoisotopic (exact) mass is 210 g/mol. The lowest BCUT2D eigenvalue weighted by molar-refractivity contribution is 0.708. The van der Waals surface area contributed by atoms with Gasteiger partial charge in [-0.3, -0.25) is 0 Å². The Morgan fingerprint density at radius 1 is 1.36 bits per heavy atom. The van der Waals surface area contributed by atoms with Gasteiger partial charge in [-0.1, -0.05) is 0 Å². The Hall–Kier alpha value is -0.940. The predicted molar refractivity (Wildman–Crippen MR) is 59.2 cm³/mol. The summed E-state index contributed by atoms with van der Waals surface area (Å²) in [6.07, 6.45) is 2.00. The van der Waals surface area contributed by atoms with Crippen molar-refractivity contribution in [1.82, 2.24) is 15.3 Å². The Morgan fingerprint density at radius 2 is 2.14 bits per heavy atom. The lowest BCUT2D eigenvalue weighted by Crippen LogP contribution is -2.16. The van der Waals surface area contributed by atoms with Crippen molar-refractivity contribution in [3.63, 3.8) is 0 Å². The first-order valence-corrected chi connectivity index (χ1v) is 5.22. The first-order chi connectivity index (χ1) is 6.81. The highest BCUT2D eigenvalue weighted by Gasteiger charge is 2.12. The van der Waals surface area contributed by atoms with E-state index in [9.17, 15) is 0 Å². The molecule has 5 heteroatoms. The molecule has 1 aromatic rings. The average molecular weight is 210 g/mol. The molecular formula is C9H14N4S. The van der Waals surface area contributed by atoms with Crippen molar-refractivity contribution in [2.24, 2.45) is 0 Å². The largest absolute Gasteiger partial charge is 0.373 e. The van der Waals surface area contributed by atoms with Crippen LogP contribution in [0.3, 0.4) is 0 Å². The van der Waals surface area contributed by atoms with Gasteiger partial charge in [0.2, 0.25) is 0 Å². The SMILES string of the molecule is CNc1nc(=S)[nH]c2c1CCNCC2. The van der Waals surface area contributed by atoms with E-state index in [4.69, 9.17) is 12.2 Å². The van der Waals surface area contributed by atoms with Crippen LogP contribution in [0, 0.1) is 4.77 Å². The van der Waals surface area contributed by atoms with E-state index in [2.05, 4.69) is 20.6 Å². The third-order valence-corrected chi connectivity index (χ3v) is 2.65. The van der Waals surface area contributed by atoms with Crippen molar-refractivity contribution >= 4 is 18.0 Å². The molecule has 0 aromatic carbocycles. The van der Waals surface area contributed by atoms with E-state index in [-0.39, 0.29) is 0 Å². The van der Waals surface area contributed by atoms with Gasteiger partial charge in [-0.15, -0.1) is 0 Å². The molecule has 14 heavy (non-hydrogen) atoms. The zero-order valence-electron chi connectivity index (χ0n) is 8.18. The topological polar surface area (TPSA) is 52.7 Å². The first-order valence-electron chi connectivity index (χ1n) is 4.82. The molecule has 0 saturated carbocycles. The van der Waals surface area contributed by atoms with E-state index in [1.165, 1.54) is 11.3 Å². The molecule has 0 saturated heterocycles. The van der Waals surface area contributed by atoms with Crippen LogP contribution < -0.4 is 10.6 Å². The number of aromatic nitrogens is 2. The molecule has 1 aliphatic heterocycles. The van der Waals surface area contributed by atoms with E-state index in [0.717, 1.165) is 31.7 Å². The Balaban J connectivity index is 2.52. The number of hydrogen-bond donors (Lipinski definition) is 3. The van der Waals surface area contributed by atoms with E-state index < -0.39 is 0 Å². The molecule has 3 N–H and O–H groups in total. The normalized spacial score (nSPS) is 15.8. The summed E-state index contributed by atoms with van der Waals surface area (Å²) in [5, 5.41) is 6.45. The molecule has 0 spiro atoms.